The molecule has 0 aliphatic heterocycles. The summed E-state index contributed by atoms with van der Waals surface area (Å²) in [7, 11) is -3.53. The number of carboxylic acid groups (broad SMARTS) is 1. The Labute approximate surface area is 162 Å². The molecule has 0 fully saturated rings. The molecule has 5 nitrogen and oxygen atoms in total. The number of sulfonamides is 1. The van der Waals surface area contributed by atoms with Crippen LogP contribution >= 0.6 is 0 Å². The van der Waals surface area contributed by atoms with Crippen LogP contribution in [0.4, 0.5) is 0 Å². The Kier molecular flexibility index (Phi) is 9.40. The molecule has 0 amide bonds. The number of aromatic carboxylic acids is 1. The fraction of sp³-hybridized carbons (Fsp3) is 0.462. The Balaban J connectivity index is 0.00000361. The monoisotopic (exact) mass is 325 g/mol. The molecular weight excluding hydrogens is 305 g/mol. The van der Waals surface area contributed by atoms with Crippen LogP contribution in [0.25, 0.3) is 0 Å². The molecule has 0 bridgehead atoms. The average Bonchev–Trinajstić information content (AvgIpc) is 2.38. The predicted octanol–water partition coefficient (Wildman–Crippen LogP) is 1.55. The van der Waals surface area contributed by atoms with E-state index in [1.165, 1.54) is 28.6 Å². The molecule has 0 saturated heterocycles. The minimum atomic E-state index is -3.53. The Bertz CT molecular complexity index is 522. The molecule has 108 valence electrons. The van der Waals surface area contributed by atoms with Gasteiger partial charge in [-0.15, -0.1) is 0 Å². The van der Waals surface area contributed by atoms with Gasteiger partial charge < -0.3 is 5.11 Å². The van der Waals surface area contributed by atoms with E-state index in [0.717, 1.165) is 12.8 Å². The third-order valence-electron chi connectivity index (χ3n) is 2.69. The molecule has 1 aromatic rings. The van der Waals surface area contributed by atoms with Gasteiger partial charge >= 0.3 is 57.4 Å². The Morgan fingerprint density at radius 1 is 1.10 bits per heavy atom. The van der Waals surface area contributed by atoms with E-state index in [9.17, 15) is 13.2 Å². The summed E-state index contributed by atoms with van der Waals surface area (Å²) < 4.78 is 26.2. The van der Waals surface area contributed by atoms with Gasteiger partial charge in [-0.3, -0.25) is 0 Å². The molecule has 1 aromatic carbocycles. The third-order valence-corrected chi connectivity index (χ3v) is 4.60. The quantitative estimate of drug-likeness (QED) is 0.772. The van der Waals surface area contributed by atoms with Crippen LogP contribution in [0.2, 0.25) is 0 Å². The first-order valence-corrected chi connectivity index (χ1v) is 7.71. The summed E-state index contributed by atoms with van der Waals surface area (Å²) in [6.45, 7) is 4.78. The number of hydrogen-bond donors (Lipinski definition) is 1. The normalized spacial score (nSPS) is 11.2. The Morgan fingerprint density at radius 2 is 1.55 bits per heavy atom. The topological polar surface area (TPSA) is 74.7 Å². The van der Waals surface area contributed by atoms with Gasteiger partial charge in [0.2, 0.25) is 10.0 Å². The Morgan fingerprint density at radius 3 is 1.90 bits per heavy atom. The molecule has 0 radical (unpaired) electrons. The summed E-state index contributed by atoms with van der Waals surface area (Å²) in [5.41, 5.74) is 0.0801. The van der Waals surface area contributed by atoms with Crippen molar-refractivity contribution in [2.45, 2.75) is 31.6 Å². The molecule has 0 spiro atoms. The summed E-state index contributed by atoms with van der Waals surface area (Å²) in [4.78, 5) is 10.9. The summed E-state index contributed by atoms with van der Waals surface area (Å²) in [6, 6.07) is 5.31. The van der Waals surface area contributed by atoms with Gasteiger partial charge in [-0.1, -0.05) is 13.8 Å². The maximum absolute atomic E-state index is 12.4. The fourth-order valence-electron chi connectivity index (χ4n) is 1.77. The average molecular weight is 325 g/mol. The van der Waals surface area contributed by atoms with E-state index in [-0.39, 0.29) is 61.8 Å². The molecule has 0 aliphatic rings. The van der Waals surface area contributed by atoms with E-state index in [1.807, 2.05) is 13.8 Å². The van der Waals surface area contributed by atoms with Gasteiger partial charge in [0.1, 0.15) is 0 Å². The van der Waals surface area contributed by atoms with Crippen LogP contribution in [-0.4, -0.2) is 88.3 Å². The van der Waals surface area contributed by atoms with E-state index in [2.05, 4.69) is 0 Å². The van der Waals surface area contributed by atoms with Crippen molar-refractivity contribution in [3.05, 3.63) is 29.8 Å². The number of hydrogen-bond acceptors (Lipinski definition) is 3. The molecule has 0 unspecified atom stereocenters. The first kappa shape index (κ1) is 20.2. The van der Waals surface area contributed by atoms with Crippen molar-refractivity contribution in [1.82, 2.24) is 4.31 Å². The van der Waals surface area contributed by atoms with E-state index in [1.54, 1.807) is 0 Å². The van der Waals surface area contributed by atoms with Crippen molar-refractivity contribution in [3.63, 3.8) is 0 Å². The second kappa shape index (κ2) is 9.29. The maximum atomic E-state index is 12.4. The van der Waals surface area contributed by atoms with Crippen molar-refractivity contribution in [2.24, 2.45) is 0 Å². The zero-order valence-electron chi connectivity index (χ0n) is 11.2. The minimum absolute atomic E-state index is 0. The van der Waals surface area contributed by atoms with Crippen LogP contribution in [0.5, 0.6) is 0 Å². The van der Waals surface area contributed by atoms with E-state index < -0.39 is 16.0 Å². The summed E-state index contributed by atoms with van der Waals surface area (Å²) >= 11 is 0. The van der Waals surface area contributed by atoms with Gasteiger partial charge in [0.05, 0.1) is 10.5 Å². The van der Waals surface area contributed by atoms with Crippen molar-refractivity contribution >= 4 is 67.4 Å². The first-order valence-electron chi connectivity index (χ1n) is 6.27. The van der Waals surface area contributed by atoms with Gasteiger partial charge in [-0.25, -0.2) is 13.2 Å². The molecule has 0 aliphatic carbocycles. The predicted molar refractivity (Wildman–Crippen MR) is 79.9 cm³/mol. The van der Waals surface area contributed by atoms with Crippen molar-refractivity contribution in [2.75, 3.05) is 13.1 Å². The van der Waals surface area contributed by atoms with Crippen molar-refractivity contribution < 1.29 is 18.3 Å². The number of nitrogens with zero attached hydrogens (tertiary/aromatic N) is 1. The van der Waals surface area contributed by atoms with E-state index in [0.29, 0.717) is 13.1 Å². The number of carboxylic acids is 1. The van der Waals surface area contributed by atoms with Gasteiger partial charge in [-0.2, -0.15) is 4.31 Å². The second-order valence-corrected chi connectivity index (χ2v) is 6.17. The van der Waals surface area contributed by atoms with Gasteiger partial charge in [0.25, 0.3) is 0 Å². The molecule has 0 aromatic heterocycles. The van der Waals surface area contributed by atoms with Gasteiger partial charge in [0, 0.05) is 13.1 Å². The standard InChI is InChI=1S/C13H19NO4S.K.H/c1-3-9-14(10-4-2)19(17,18)12-7-5-11(6-8-12)13(15)16;;/h5-8H,3-4,9-10H2,1-2H3,(H,15,16);;. The number of benzene rings is 1. The molecule has 1 rings (SSSR count). The summed E-state index contributed by atoms with van der Waals surface area (Å²) in [5, 5.41) is 8.80. The van der Waals surface area contributed by atoms with Crippen molar-refractivity contribution in [3.8, 4) is 0 Å². The molecule has 0 saturated carbocycles. The fourth-order valence-corrected chi connectivity index (χ4v) is 3.39. The third kappa shape index (κ3) is 5.21. The summed E-state index contributed by atoms with van der Waals surface area (Å²) in [6.07, 6.45) is 1.48. The summed E-state index contributed by atoms with van der Waals surface area (Å²) in [5.74, 6) is -1.07. The molecule has 7 heteroatoms. The van der Waals surface area contributed by atoms with Crippen LogP contribution in [0, 0.1) is 0 Å². The second-order valence-electron chi connectivity index (χ2n) is 4.23. The first-order chi connectivity index (χ1) is 8.93. The molecule has 20 heavy (non-hydrogen) atoms. The zero-order chi connectivity index (χ0) is 14.5. The van der Waals surface area contributed by atoms with Crippen LogP contribution in [0.15, 0.2) is 29.2 Å². The van der Waals surface area contributed by atoms with Crippen LogP contribution < -0.4 is 0 Å². The SMILES string of the molecule is CCCN(CCC)S(=O)(=O)c1ccc(C(=O)O)cc1.[KH]. The molecule has 1 N–H and O–H groups in total. The van der Waals surface area contributed by atoms with Crippen LogP contribution in [0.3, 0.4) is 0 Å². The van der Waals surface area contributed by atoms with Gasteiger partial charge in [-0.05, 0) is 37.1 Å². The molecule has 0 atom stereocenters. The number of carbonyl (C=O) groups is 1. The number of rotatable bonds is 7. The zero-order valence-corrected chi connectivity index (χ0v) is 12.0. The molecule has 0 heterocycles. The van der Waals surface area contributed by atoms with E-state index in [4.69, 9.17) is 5.11 Å². The van der Waals surface area contributed by atoms with Crippen molar-refractivity contribution in [1.29, 1.82) is 0 Å². The van der Waals surface area contributed by atoms with Crippen LogP contribution in [0.1, 0.15) is 37.0 Å². The Hall–Kier alpha value is 0.236. The molecular formula is C13H20KNO4S. The van der Waals surface area contributed by atoms with Crippen LogP contribution in [-0.2, 0) is 10.0 Å². The van der Waals surface area contributed by atoms with E-state index >= 15 is 0 Å². The van der Waals surface area contributed by atoms with Gasteiger partial charge in [0.15, 0.2) is 0 Å².